The number of isocyanates is 1. The molecular formula is C13H16N2O3. The van der Waals surface area contributed by atoms with Crippen molar-refractivity contribution in [2.24, 2.45) is 4.99 Å². The summed E-state index contributed by atoms with van der Waals surface area (Å²) in [4.78, 5) is 23.4. The number of nitro groups is 1. The van der Waals surface area contributed by atoms with Crippen LogP contribution in [0.2, 0.25) is 0 Å². The standard InChI is InChI=1S/C13H16N2O3/c16-11-14-10-4-2-1-3-5-12-6-8-13(9-7-12)15(17)18/h6-9H,1-5,10H2. The fourth-order valence-corrected chi connectivity index (χ4v) is 1.70. The van der Waals surface area contributed by atoms with Crippen LogP contribution in [0.15, 0.2) is 29.3 Å². The van der Waals surface area contributed by atoms with Gasteiger partial charge in [-0.25, -0.2) is 9.79 Å². The average molecular weight is 248 g/mol. The molecule has 0 aliphatic rings. The van der Waals surface area contributed by atoms with Crippen molar-refractivity contribution < 1.29 is 9.72 Å². The second kappa shape index (κ2) is 8.14. The summed E-state index contributed by atoms with van der Waals surface area (Å²) in [6.45, 7) is 0.557. The Morgan fingerprint density at radius 3 is 2.39 bits per heavy atom. The molecule has 1 rings (SSSR count). The van der Waals surface area contributed by atoms with Crippen molar-refractivity contribution in [3.8, 4) is 0 Å². The second-order valence-corrected chi connectivity index (χ2v) is 4.06. The maximum Gasteiger partial charge on any atom is 0.269 e. The van der Waals surface area contributed by atoms with Gasteiger partial charge in [0, 0.05) is 12.1 Å². The van der Waals surface area contributed by atoms with Crippen molar-refractivity contribution in [2.45, 2.75) is 32.1 Å². The van der Waals surface area contributed by atoms with Gasteiger partial charge in [0.05, 0.1) is 11.5 Å². The molecule has 0 radical (unpaired) electrons. The number of hydrogen-bond acceptors (Lipinski definition) is 4. The Morgan fingerprint density at radius 2 is 1.78 bits per heavy atom. The zero-order chi connectivity index (χ0) is 13.2. The van der Waals surface area contributed by atoms with Crippen LogP contribution in [-0.4, -0.2) is 17.5 Å². The first kappa shape index (κ1) is 14.1. The highest BCUT2D eigenvalue weighted by Gasteiger charge is 2.03. The van der Waals surface area contributed by atoms with Crippen LogP contribution in [0.5, 0.6) is 0 Å². The summed E-state index contributed by atoms with van der Waals surface area (Å²) >= 11 is 0. The molecule has 0 atom stereocenters. The molecule has 1 aromatic rings. The van der Waals surface area contributed by atoms with Crippen LogP contribution in [-0.2, 0) is 11.2 Å². The minimum absolute atomic E-state index is 0.130. The molecule has 0 fully saturated rings. The lowest BCUT2D eigenvalue weighted by Gasteiger charge is -2.01. The molecule has 0 aromatic heterocycles. The van der Waals surface area contributed by atoms with Crippen LogP contribution in [0.1, 0.15) is 31.2 Å². The Hall–Kier alpha value is -2.00. The quantitative estimate of drug-likeness (QED) is 0.233. The summed E-state index contributed by atoms with van der Waals surface area (Å²) in [5.74, 6) is 0. The highest BCUT2D eigenvalue weighted by atomic mass is 16.6. The number of benzene rings is 1. The third kappa shape index (κ3) is 5.37. The first-order chi connectivity index (χ1) is 8.74. The third-order valence-electron chi connectivity index (χ3n) is 2.70. The number of hydrogen-bond donors (Lipinski definition) is 0. The predicted octanol–water partition coefficient (Wildman–Crippen LogP) is 3.03. The van der Waals surface area contributed by atoms with Crippen LogP contribution in [0.25, 0.3) is 0 Å². The first-order valence-electron chi connectivity index (χ1n) is 6.01. The van der Waals surface area contributed by atoms with E-state index in [2.05, 4.69) is 4.99 Å². The molecule has 0 heterocycles. The molecule has 0 N–H and O–H groups in total. The zero-order valence-corrected chi connectivity index (χ0v) is 10.2. The lowest BCUT2D eigenvalue weighted by molar-refractivity contribution is -0.384. The Labute approximate surface area is 106 Å². The van der Waals surface area contributed by atoms with Crippen LogP contribution in [0.4, 0.5) is 5.69 Å². The molecule has 0 saturated carbocycles. The number of aryl methyl sites for hydroxylation is 1. The highest BCUT2D eigenvalue weighted by molar-refractivity contribution is 5.33. The van der Waals surface area contributed by atoms with E-state index in [1.807, 2.05) is 0 Å². The molecule has 1 aromatic carbocycles. The van der Waals surface area contributed by atoms with Crippen LogP contribution < -0.4 is 0 Å². The zero-order valence-electron chi connectivity index (χ0n) is 10.2. The van der Waals surface area contributed by atoms with Gasteiger partial charge in [0.2, 0.25) is 6.08 Å². The summed E-state index contributed by atoms with van der Waals surface area (Å²) in [5, 5.41) is 10.5. The van der Waals surface area contributed by atoms with Crippen molar-refractivity contribution in [1.29, 1.82) is 0 Å². The number of nitrogens with zero attached hydrogens (tertiary/aromatic N) is 2. The van der Waals surface area contributed by atoms with E-state index < -0.39 is 4.92 Å². The number of non-ortho nitro benzene ring substituents is 1. The Balaban J connectivity index is 2.19. The lowest BCUT2D eigenvalue weighted by Crippen LogP contribution is -1.90. The number of nitro benzene ring substituents is 1. The molecular weight excluding hydrogens is 232 g/mol. The van der Waals surface area contributed by atoms with E-state index in [4.69, 9.17) is 0 Å². The minimum atomic E-state index is -0.392. The van der Waals surface area contributed by atoms with E-state index in [-0.39, 0.29) is 5.69 Å². The SMILES string of the molecule is O=C=NCCCCCCc1ccc([N+](=O)[O-])cc1. The molecule has 5 heteroatoms. The fraction of sp³-hybridized carbons (Fsp3) is 0.462. The summed E-state index contributed by atoms with van der Waals surface area (Å²) in [5.41, 5.74) is 1.25. The van der Waals surface area contributed by atoms with Gasteiger partial charge in [0.1, 0.15) is 0 Å². The van der Waals surface area contributed by atoms with Crippen molar-refractivity contribution >= 4 is 11.8 Å². The number of rotatable bonds is 8. The first-order valence-corrected chi connectivity index (χ1v) is 6.01. The number of unbranched alkanes of at least 4 members (excludes halogenated alkanes) is 3. The molecule has 0 unspecified atom stereocenters. The average Bonchev–Trinajstić information content (AvgIpc) is 2.38. The Kier molecular flexibility index (Phi) is 6.36. The minimum Gasteiger partial charge on any atom is -0.258 e. The largest absolute Gasteiger partial charge is 0.269 e. The maximum atomic E-state index is 10.5. The molecule has 0 bridgehead atoms. The predicted molar refractivity (Wildman–Crippen MR) is 68.3 cm³/mol. The summed E-state index contributed by atoms with van der Waals surface area (Å²) in [6, 6.07) is 6.67. The Bertz CT molecular complexity index is 422. The van der Waals surface area contributed by atoms with E-state index in [0.717, 1.165) is 37.7 Å². The molecule has 96 valence electrons. The molecule has 0 saturated heterocycles. The third-order valence-corrected chi connectivity index (χ3v) is 2.70. The normalized spacial score (nSPS) is 9.78. The van der Waals surface area contributed by atoms with Gasteiger partial charge in [-0.2, -0.15) is 0 Å². The van der Waals surface area contributed by atoms with E-state index in [1.165, 1.54) is 18.2 Å². The molecule has 5 nitrogen and oxygen atoms in total. The molecule has 0 amide bonds. The molecule has 0 aliphatic heterocycles. The smallest absolute Gasteiger partial charge is 0.258 e. The molecule has 18 heavy (non-hydrogen) atoms. The lowest BCUT2D eigenvalue weighted by atomic mass is 10.1. The van der Waals surface area contributed by atoms with E-state index in [1.54, 1.807) is 12.1 Å². The summed E-state index contributed by atoms with van der Waals surface area (Å²) in [7, 11) is 0. The van der Waals surface area contributed by atoms with Crippen molar-refractivity contribution in [3.63, 3.8) is 0 Å². The van der Waals surface area contributed by atoms with Gasteiger partial charge in [-0.1, -0.05) is 25.0 Å². The van der Waals surface area contributed by atoms with E-state index in [9.17, 15) is 14.9 Å². The maximum absolute atomic E-state index is 10.5. The number of aliphatic imine (C=N–C) groups is 1. The molecule has 0 spiro atoms. The van der Waals surface area contributed by atoms with Crippen LogP contribution in [0, 0.1) is 10.1 Å². The van der Waals surface area contributed by atoms with Gasteiger partial charge < -0.3 is 0 Å². The van der Waals surface area contributed by atoms with Gasteiger partial charge >= 0.3 is 0 Å². The van der Waals surface area contributed by atoms with E-state index in [0.29, 0.717) is 6.54 Å². The van der Waals surface area contributed by atoms with Crippen molar-refractivity contribution in [3.05, 3.63) is 39.9 Å². The van der Waals surface area contributed by atoms with Crippen molar-refractivity contribution in [1.82, 2.24) is 0 Å². The van der Waals surface area contributed by atoms with Crippen LogP contribution >= 0.6 is 0 Å². The molecule has 0 aliphatic carbocycles. The topological polar surface area (TPSA) is 72.6 Å². The Morgan fingerprint density at radius 1 is 1.11 bits per heavy atom. The van der Waals surface area contributed by atoms with Gasteiger partial charge in [-0.3, -0.25) is 10.1 Å². The van der Waals surface area contributed by atoms with Crippen molar-refractivity contribution in [2.75, 3.05) is 6.54 Å². The highest BCUT2D eigenvalue weighted by Crippen LogP contribution is 2.14. The summed E-state index contributed by atoms with van der Waals surface area (Å²) in [6.07, 6.45) is 6.52. The van der Waals surface area contributed by atoms with Gasteiger partial charge in [0.15, 0.2) is 0 Å². The van der Waals surface area contributed by atoms with Gasteiger partial charge in [0.25, 0.3) is 5.69 Å². The van der Waals surface area contributed by atoms with Gasteiger partial charge in [-0.05, 0) is 24.8 Å². The van der Waals surface area contributed by atoms with Gasteiger partial charge in [-0.15, -0.1) is 0 Å². The fourth-order valence-electron chi connectivity index (χ4n) is 1.70. The second-order valence-electron chi connectivity index (χ2n) is 4.06. The van der Waals surface area contributed by atoms with Crippen LogP contribution in [0.3, 0.4) is 0 Å². The monoisotopic (exact) mass is 248 g/mol. The summed E-state index contributed by atoms with van der Waals surface area (Å²) < 4.78 is 0. The number of carbonyl (C=O) groups excluding carboxylic acids is 1. The van der Waals surface area contributed by atoms with E-state index >= 15 is 0 Å².